The molecule has 6 heteroatoms. The van der Waals surface area contributed by atoms with Gasteiger partial charge in [0, 0.05) is 22.6 Å². The molecule has 5 nitrogen and oxygen atoms in total. The maximum atomic E-state index is 11.3. The first-order chi connectivity index (χ1) is 11.3. The Balaban J connectivity index is 2.02. The minimum Gasteiger partial charge on any atom is -0.619 e. The number of hydrogen-bond donors (Lipinski definition) is 0. The van der Waals surface area contributed by atoms with E-state index in [1.54, 1.807) is 17.6 Å². The molecule has 0 bridgehead atoms. The van der Waals surface area contributed by atoms with E-state index in [2.05, 4.69) is 4.98 Å². The molecule has 116 valence electrons. The first-order valence-electron chi connectivity index (χ1n) is 7.02. The van der Waals surface area contributed by atoms with E-state index in [1.165, 1.54) is 23.7 Å². The molecule has 0 aliphatic heterocycles. The minimum absolute atomic E-state index is 0.163. The van der Waals surface area contributed by atoms with Crippen LogP contribution in [0.1, 0.15) is 16.4 Å². The van der Waals surface area contributed by atoms with Gasteiger partial charge in [0.05, 0.1) is 17.1 Å². The van der Waals surface area contributed by atoms with Gasteiger partial charge in [-0.2, -0.15) is 4.73 Å². The Morgan fingerprint density at radius 2 is 1.96 bits per heavy atom. The zero-order valence-corrected chi connectivity index (χ0v) is 13.0. The molecule has 0 fully saturated rings. The van der Waals surface area contributed by atoms with E-state index in [-0.39, 0.29) is 12.5 Å². The molecule has 3 aromatic rings. The minimum atomic E-state index is -0.163. The summed E-state index contributed by atoms with van der Waals surface area (Å²) in [5.41, 5.74) is 4.56. The maximum absolute atomic E-state index is 11.3. The van der Waals surface area contributed by atoms with E-state index >= 15 is 0 Å². The lowest BCUT2D eigenvalue weighted by atomic mass is 9.96. The van der Waals surface area contributed by atoms with Crippen molar-refractivity contribution in [2.24, 2.45) is 0 Å². The Morgan fingerprint density at radius 3 is 2.65 bits per heavy atom. The predicted octanol–water partition coefficient (Wildman–Crippen LogP) is 2.75. The Labute approximate surface area is 137 Å². The van der Waals surface area contributed by atoms with Gasteiger partial charge in [0.15, 0.2) is 12.4 Å². The second kappa shape index (κ2) is 7.02. The highest BCUT2D eigenvalue weighted by Crippen LogP contribution is 2.35. The van der Waals surface area contributed by atoms with Crippen molar-refractivity contribution in [3.63, 3.8) is 0 Å². The molecular weight excluding hydrogens is 312 g/mol. The molecule has 1 atom stereocenters. The first kappa shape index (κ1) is 15.2. The van der Waals surface area contributed by atoms with Crippen molar-refractivity contribution in [2.45, 2.75) is 5.92 Å². The zero-order chi connectivity index (χ0) is 16.1. The summed E-state index contributed by atoms with van der Waals surface area (Å²) < 4.78 is 5.74. The summed E-state index contributed by atoms with van der Waals surface area (Å²) in [5.74, 6) is -0.163. The second-order valence-electron chi connectivity index (χ2n) is 4.90. The fourth-order valence-corrected chi connectivity index (χ4v) is 3.35. The van der Waals surface area contributed by atoms with Crippen LogP contribution in [-0.4, -0.2) is 18.1 Å². The van der Waals surface area contributed by atoms with Crippen LogP contribution in [0.2, 0.25) is 0 Å². The molecule has 0 radical (unpaired) electrons. The van der Waals surface area contributed by atoms with Crippen LogP contribution < -0.4 is 4.73 Å². The number of thiazole rings is 1. The molecule has 1 aromatic carbocycles. The van der Waals surface area contributed by atoms with Crippen molar-refractivity contribution in [1.82, 2.24) is 4.98 Å². The molecule has 0 saturated heterocycles. The smallest absolute Gasteiger partial charge is 0.293 e. The molecule has 0 N–H and O–H groups in total. The number of rotatable bonds is 6. The molecule has 1 unspecified atom stereocenters. The van der Waals surface area contributed by atoms with Gasteiger partial charge in [-0.15, -0.1) is 11.3 Å². The van der Waals surface area contributed by atoms with E-state index in [9.17, 15) is 10.0 Å². The van der Waals surface area contributed by atoms with E-state index in [0.717, 1.165) is 26.4 Å². The zero-order valence-electron chi connectivity index (χ0n) is 12.2. The van der Waals surface area contributed by atoms with Gasteiger partial charge in [0.2, 0.25) is 0 Å². The molecule has 0 aliphatic carbocycles. The van der Waals surface area contributed by atoms with Crippen molar-refractivity contribution in [2.75, 3.05) is 6.61 Å². The molecule has 0 spiro atoms. The maximum Gasteiger partial charge on any atom is 0.293 e. The van der Waals surface area contributed by atoms with Gasteiger partial charge >= 0.3 is 0 Å². The summed E-state index contributed by atoms with van der Waals surface area (Å²) in [5, 5.41) is 11.3. The third kappa shape index (κ3) is 3.37. The normalized spacial score (nSPS) is 11.8. The molecule has 3 rings (SSSR count). The van der Waals surface area contributed by atoms with E-state index < -0.39 is 0 Å². The van der Waals surface area contributed by atoms with Crippen LogP contribution in [0.15, 0.2) is 60.4 Å². The van der Waals surface area contributed by atoms with Gasteiger partial charge in [-0.3, -0.25) is 4.79 Å². The largest absolute Gasteiger partial charge is 0.619 e. The van der Waals surface area contributed by atoms with Crippen LogP contribution in [-0.2, 0) is 9.53 Å². The number of hydrogen-bond acceptors (Lipinski definition) is 5. The molecule has 2 aromatic heterocycles. The van der Waals surface area contributed by atoms with Crippen molar-refractivity contribution < 1.29 is 14.3 Å². The third-order valence-electron chi connectivity index (χ3n) is 3.52. The molecule has 23 heavy (non-hydrogen) atoms. The Kier molecular flexibility index (Phi) is 4.63. The number of aromatic nitrogens is 2. The van der Waals surface area contributed by atoms with E-state index in [4.69, 9.17) is 4.74 Å². The predicted molar refractivity (Wildman–Crippen MR) is 86.8 cm³/mol. The summed E-state index contributed by atoms with van der Waals surface area (Å²) >= 11 is 1.51. The van der Waals surface area contributed by atoms with Crippen molar-refractivity contribution in [3.8, 4) is 11.3 Å². The fraction of sp³-hybridized carbons (Fsp3) is 0.118. The summed E-state index contributed by atoms with van der Waals surface area (Å²) in [6.45, 7) is 0.640. The lowest BCUT2D eigenvalue weighted by Crippen LogP contribution is -2.24. The van der Waals surface area contributed by atoms with Crippen LogP contribution in [0.5, 0.6) is 0 Å². The topological polar surface area (TPSA) is 66.1 Å². The lowest BCUT2D eigenvalue weighted by Gasteiger charge is -2.16. The van der Waals surface area contributed by atoms with Gasteiger partial charge in [-0.05, 0) is 5.56 Å². The number of benzene rings is 1. The number of nitrogens with zero attached hydrogens (tertiary/aromatic N) is 2. The highest BCUT2D eigenvalue weighted by molar-refractivity contribution is 7.10. The van der Waals surface area contributed by atoms with Crippen molar-refractivity contribution >= 4 is 17.8 Å². The van der Waals surface area contributed by atoms with Gasteiger partial charge in [0.25, 0.3) is 6.47 Å². The van der Waals surface area contributed by atoms with Crippen LogP contribution in [0.3, 0.4) is 0 Å². The van der Waals surface area contributed by atoms with Gasteiger partial charge < -0.3 is 9.94 Å². The van der Waals surface area contributed by atoms with Gasteiger partial charge in [0.1, 0.15) is 6.61 Å². The van der Waals surface area contributed by atoms with Crippen molar-refractivity contribution in [1.29, 1.82) is 0 Å². The number of pyridine rings is 1. The first-order valence-corrected chi connectivity index (χ1v) is 7.90. The van der Waals surface area contributed by atoms with Crippen molar-refractivity contribution in [3.05, 3.63) is 76.0 Å². The standard InChI is InChI=1S/C17H14N2O3S/c20-12-22-10-15(13-6-8-19(21)9-7-13)17-16(18-11-23-17)14-4-2-1-3-5-14/h1-9,11-12,15H,10H2. The van der Waals surface area contributed by atoms with Gasteiger partial charge in [-0.25, -0.2) is 4.98 Å². The van der Waals surface area contributed by atoms with E-state index in [0.29, 0.717) is 6.47 Å². The lowest BCUT2D eigenvalue weighted by molar-refractivity contribution is -0.605. The highest BCUT2D eigenvalue weighted by Gasteiger charge is 2.22. The summed E-state index contributed by atoms with van der Waals surface area (Å²) in [4.78, 5) is 16.1. The quantitative estimate of drug-likeness (QED) is 0.397. The highest BCUT2D eigenvalue weighted by atomic mass is 32.1. The molecule has 0 amide bonds. The average Bonchev–Trinajstić information content (AvgIpc) is 3.07. The van der Waals surface area contributed by atoms with Crippen LogP contribution in [0.4, 0.5) is 0 Å². The average molecular weight is 326 g/mol. The van der Waals surface area contributed by atoms with Crippen LogP contribution in [0, 0.1) is 5.21 Å². The number of carbonyl (C=O) groups is 1. The molecule has 2 heterocycles. The monoisotopic (exact) mass is 326 g/mol. The van der Waals surface area contributed by atoms with Crippen LogP contribution in [0.25, 0.3) is 11.3 Å². The van der Waals surface area contributed by atoms with Gasteiger partial charge in [-0.1, -0.05) is 30.3 Å². The Morgan fingerprint density at radius 1 is 1.22 bits per heavy atom. The summed E-state index contributed by atoms with van der Waals surface area (Å²) in [6.07, 6.45) is 2.87. The summed E-state index contributed by atoms with van der Waals surface area (Å²) in [7, 11) is 0. The fourth-order valence-electron chi connectivity index (χ4n) is 2.43. The second-order valence-corrected chi connectivity index (χ2v) is 5.79. The van der Waals surface area contributed by atoms with Crippen LogP contribution >= 0.6 is 11.3 Å². The SMILES string of the molecule is O=COCC(c1cc[n+]([O-])cc1)c1scnc1-c1ccccc1. The molecule has 0 saturated carbocycles. The van der Waals surface area contributed by atoms with E-state index in [1.807, 2.05) is 30.3 Å². The molecular formula is C17H14N2O3S. The number of carbonyl (C=O) groups excluding carboxylic acids is 1. The molecule has 0 aliphatic rings. The number of ether oxygens (including phenoxy) is 1. The summed E-state index contributed by atoms with van der Waals surface area (Å²) in [6, 6.07) is 13.3. The Hall–Kier alpha value is -2.73. The third-order valence-corrected chi connectivity index (χ3v) is 4.46. The Bertz CT molecular complexity index is 772.